The molecule has 0 spiro atoms. The summed E-state index contributed by atoms with van der Waals surface area (Å²) in [6.07, 6.45) is 3.11. The van der Waals surface area contributed by atoms with Crippen LogP contribution in [-0.4, -0.2) is 15.3 Å². The van der Waals surface area contributed by atoms with E-state index in [9.17, 15) is 4.79 Å². The Balaban J connectivity index is 1.68. The van der Waals surface area contributed by atoms with Gasteiger partial charge in [-0.2, -0.15) is 0 Å². The van der Waals surface area contributed by atoms with Crippen LogP contribution in [0.15, 0.2) is 42.6 Å². The molecule has 0 atom stereocenters. The fourth-order valence-corrected chi connectivity index (χ4v) is 2.74. The lowest BCUT2D eigenvalue weighted by atomic mass is 10.1. The first-order valence-corrected chi connectivity index (χ1v) is 7.84. The minimum atomic E-state index is 0.0264. The van der Waals surface area contributed by atoms with E-state index < -0.39 is 0 Å². The molecule has 1 amide bonds. The second-order valence-electron chi connectivity index (χ2n) is 5.92. The lowest BCUT2D eigenvalue weighted by Crippen LogP contribution is -2.13. The lowest BCUT2D eigenvalue weighted by Gasteiger charge is -2.08. The van der Waals surface area contributed by atoms with Crippen molar-refractivity contribution in [2.75, 3.05) is 5.32 Å². The zero-order chi connectivity index (χ0) is 16.4. The summed E-state index contributed by atoms with van der Waals surface area (Å²) in [6, 6.07) is 11.9. The lowest BCUT2D eigenvalue weighted by molar-refractivity contribution is -0.116. The Hall–Kier alpha value is -2.62. The fraction of sp³-hybridized carbons (Fsp3) is 0.263. The van der Waals surface area contributed by atoms with Gasteiger partial charge in [0.1, 0.15) is 5.65 Å². The number of amides is 1. The molecule has 3 rings (SSSR count). The molecule has 2 aromatic heterocycles. The van der Waals surface area contributed by atoms with Crippen LogP contribution in [-0.2, 0) is 11.2 Å². The third kappa shape index (κ3) is 3.26. The normalized spacial score (nSPS) is 10.9. The smallest absolute Gasteiger partial charge is 0.224 e. The number of nitrogens with zero attached hydrogens (tertiary/aromatic N) is 2. The molecular formula is C19H21N3O. The van der Waals surface area contributed by atoms with Crippen molar-refractivity contribution >= 4 is 17.2 Å². The minimum absolute atomic E-state index is 0.0264. The molecule has 0 saturated carbocycles. The number of nitrogens with one attached hydrogen (secondary N) is 1. The van der Waals surface area contributed by atoms with E-state index in [1.165, 1.54) is 11.1 Å². The van der Waals surface area contributed by atoms with Gasteiger partial charge in [-0.15, -0.1) is 0 Å². The largest absolute Gasteiger partial charge is 0.326 e. The summed E-state index contributed by atoms with van der Waals surface area (Å²) in [4.78, 5) is 16.7. The molecule has 4 nitrogen and oxygen atoms in total. The van der Waals surface area contributed by atoms with Crippen molar-refractivity contribution in [2.24, 2.45) is 0 Å². The number of carbonyl (C=O) groups excluding carboxylic acids is 1. The highest BCUT2D eigenvalue weighted by Crippen LogP contribution is 2.16. The van der Waals surface area contributed by atoms with Gasteiger partial charge in [-0.3, -0.25) is 4.79 Å². The number of fused-ring (bicyclic) bond motifs is 1. The van der Waals surface area contributed by atoms with Crippen molar-refractivity contribution in [2.45, 2.75) is 33.6 Å². The second-order valence-corrected chi connectivity index (χ2v) is 5.92. The van der Waals surface area contributed by atoms with Crippen LogP contribution < -0.4 is 5.32 Å². The summed E-state index contributed by atoms with van der Waals surface area (Å²) >= 11 is 0. The molecule has 1 N–H and O–H groups in total. The molecule has 0 fully saturated rings. The molecule has 23 heavy (non-hydrogen) atoms. The standard InChI is InChI=1S/C19H21N3O/c1-13-7-8-16(12-14(13)2)21-19(23)10-9-17-15(3)20-18-6-4-5-11-22(17)18/h4-8,11-12H,9-10H2,1-3H3,(H,21,23). The molecular weight excluding hydrogens is 286 g/mol. The van der Waals surface area contributed by atoms with Crippen LogP contribution in [0.2, 0.25) is 0 Å². The van der Waals surface area contributed by atoms with Crippen molar-refractivity contribution < 1.29 is 4.79 Å². The van der Waals surface area contributed by atoms with Gasteiger partial charge in [-0.05, 0) is 62.6 Å². The first-order valence-electron chi connectivity index (χ1n) is 7.84. The summed E-state index contributed by atoms with van der Waals surface area (Å²) in [5.74, 6) is 0.0264. The van der Waals surface area contributed by atoms with Gasteiger partial charge in [0.25, 0.3) is 0 Å². The Kier molecular flexibility index (Phi) is 4.15. The topological polar surface area (TPSA) is 46.4 Å². The van der Waals surface area contributed by atoms with Gasteiger partial charge in [0.05, 0.1) is 5.69 Å². The maximum absolute atomic E-state index is 12.2. The Morgan fingerprint density at radius 3 is 2.74 bits per heavy atom. The van der Waals surface area contributed by atoms with E-state index >= 15 is 0 Å². The Labute approximate surface area is 136 Å². The molecule has 4 heteroatoms. The first-order chi connectivity index (χ1) is 11.0. The molecule has 0 aliphatic carbocycles. The van der Waals surface area contributed by atoms with Gasteiger partial charge < -0.3 is 9.72 Å². The van der Waals surface area contributed by atoms with Crippen molar-refractivity contribution in [3.05, 3.63) is 65.1 Å². The number of aromatic nitrogens is 2. The van der Waals surface area contributed by atoms with Gasteiger partial charge in [0.2, 0.25) is 5.91 Å². The van der Waals surface area contributed by atoms with E-state index in [1.54, 1.807) is 0 Å². The third-order valence-corrected chi connectivity index (χ3v) is 4.21. The van der Waals surface area contributed by atoms with Crippen molar-refractivity contribution in [1.82, 2.24) is 9.38 Å². The zero-order valence-electron chi connectivity index (χ0n) is 13.8. The molecule has 0 saturated heterocycles. The van der Waals surface area contributed by atoms with Crippen LogP contribution in [0, 0.1) is 20.8 Å². The van der Waals surface area contributed by atoms with Crippen LogP contribution in [0.4, 0.5) is 5.69 Å². The van der Waals surface area contributed by atoms with Gasteiger partial charge in [0.15, 0.2) is 0 Å². The van der Waals surface area contributed by atoms with Crippen LogP contribution in [0.5, 0.6) is 0 Å². The first kappa shape index (κ1) is 15.3. The predicted molar refractivity (Wildman–Crippen MR) is 92.8 cm³/mol. The SMILES string of the molecule is Cc1ccc(NC(=O)CCc2c(C)nc3ccccn23)cc1C. The molecule has 1 aromatic carbocycles. The monoisotopic (exact) mass is 307 g/mol. The number of hydrogen-bond donors (Lipinski definition) is 1. The number of aryl methyl sites for hydroxylation is 4. The summed E-state index contributed by atoms with van der Waals surface area (Å²) < 4.78 is 2.05. The maximum Gasteiger partial charge on any atom is 0.224 e. The number of anilines is 1. The minimum Gasteiger partial charge on any atom is -0.326 e. The Morgan fingerprint density at radius 2 is 1.96 bits per heavy atom. The predicted octanol–water partition coefficient (Wildman–Crippen LogP) is 3.83. The highest BCUT2D eigenvalue weighted by molar-refractivity contribution is 5.91. The van der Waals surface area contributed by atoms with E-state index in [0.717, 1.165) is 22.7 Å². The number of hydrogen-bond acceptors (Lipinski definition) is 2. The quantitative estimate of drug-likeness (QED) is 0.796. The molecule has 3 aromatic rings. The number of pyridine rings is 1. The van der Waals surface area contributed by atoms with Crippen molar-refractivity contribution in [3.8, 4) is 0 Å². The number of benzene rings is 1. The van der Waals surface area contributed by atoms with E-state index in [2.05, 4.69) is 21.6 Å². The van der Waals surface area contributed by atoms with E-state index in [0.29, 0.717) is 12.8 Å². The average Bonchev–Trinajstić information content (AvgIpc) is 2.84. The molecule has 2 heterocycles. The molecule has 0 unspecified atom stereocenters. The number of imidazole rings is 1. The molecule has 0 bridgehead atoms. The van der Waals surface area contributed by atoms with E-state index in [1.807, 2.05) is 56.4 Å². The second kappa shape index (κ2) is 6.24. The number of carbonyl (C=O) groups is 1. The average molecular weight is 307 g/mol. The van der Waals surface area contributed by atoms with Gasteiger partial charge in [-0.25, -0.2) is 4.98 Å². The van der Waals surface area contributed by atoms with Gasteiger partial charge in [0, 0.05) is 24.0 Å². The van der Waals surface area contributed by atoms with Crippen LogP contribution >= 0.6 is 0 Å². The summed E-state index contributed by atoms with van der Waals surface area (Å²) in [5, 5.41) is 2.97. The van der Waals surface area contributed by atoms with Crippen LogP contribution in [0.25, 0.3) is 5.65 Å². The molecule has 118 valence electrons. The fourth-order valence-electron chi connectivity index (χ4n) is 2.74. The molecule has 0 aliphatic heterocycles. The Bertz CT molecular complexity index is 864. The van der Waals surface area contributed by atoms with Crippen molar-refractivity contribution in [3.63, 3.8) is 0 Å². The maximum atomic E-state index is 12.2. The Morgan fingerprint density at radius 1 is 1.13 bits per heavy atom. The molecule has 0 aliphatic rings. The van der Waals surface area contributed by atoms with E-state index in [4.69, 9.17) is 0 Å². The van der Waals surface area contributed by atoms with Crippen molar-refractivity contribution in [1.29, 1.82) is 0 Å². The van der Waals surface area contributed by atoms with E-state index in [-0.39, 0.29) is 5.91 Å². The summed E-state index contributed by atoms with van der Waals surface area (Å²) in [7, 11) is 0. The zero-order valence-corrected chi connectivity index (χ0v) is 13.8. The van der Waals surface area contributed by atoms with Gasteiger partial charge >= 0.3 is 0 Å². The summed E-state index contributed by atoms with van der Waals surface area (Å²) in [5.41, 5.74) is 6.26. The third-order valence-electron chi connectivity index (χ3n) is 4.21. The van der Waals surface area contributed by atoms with Crippen LogP contribution in [0.3, 0.4) is 0 Å². The highest BCUT2D eigenvalue weighted by Gasteiger charge is 2.10. The van der Waals surface area contributed by atoms with Crippen LogP contribution in [0.1, 0.15) is 28.9 Å². The number of rotatable bonds is 4. The van der Waals surface area contributed by atoms with Gasteiger partial charge in [-0.1, -0.05) is 12.1 Å². The highest BCUT2D eigenvalue weighted by atomic mass is 16.1. The summed E-state index contributed by atoms with van der Waals surface area (Å²) in [6.45, 7) is 6.10. The molecule has 0 radical (unpaired) electrons.